The maximum absolute atomic E-state index is 12.8. The first kappa shape index (κ1) is 22.2. The molecule has 4 aromatic rings. The van der Waals surface area contributed by atoms with Gasteiger partial charge in [-0.05, 0) is 42.0 Å². The summed E-state index contributed by atoms with van der Waals surface area (Å²) in [7, 11) is -2.21. The number of rotatable bonds is 8. The number of nitrogens with zero attached hydrogens (tertiary/aromatic N) is 3. The third-order valence-corrected chi connectivity index (χ3v) is 6.54. The van der Waals surface area contributed by atoms with Crippen molar-refractivity contribution >= 4 is 21.6 Å². The summed E-state index contributed by atoms with van der Waals surface area (Å²) in [6.45, 7) is -0.156. The van der Waals surface area contributed by atoms with E-state index in [4.69, 9.17) is 8.83 Å². The van der Waals surface area contributed by atoms with Crippen molar-refractivity contribution in [2.24, 2.45) is 0 Å². The lowest BCUT2D eigenvalue weighted by Crippen LogP contribution is -2.27. The molecule has 0 unspecified atom stereocenters. The average molecular weight is 468 g/mol. The highest BCUT2D eigenvalue weighted by Crippen LogP contribution is 2.19. The third kappa shape index (κ3) is 5.10. The number of carbonyl (C=O) groups is 1. The standard InChI is InChI=1S/C22H20N4O6S/c1-25(14-16-6-3-2-4-7-16)33(29,30)18-11-9-17(10-12-18)23-20(27)15-26-22(28)32-21(24-26)19-8-5-13-31-19/h2-13H,14-15H2,1H3,(H,23,27). The van der Waals surface area contributed by atoms with E-state index < -0.39 is 21.7 Å². The zero-order valence-electron chi connectivity index (χ0n) is 17.5. The Kier molecular flexibility index (Phi) is 6.24. The monoisotopic (exact) mass is 468 g/mol. The van der Waals surface area contributed by atoms with E-state index in [1.54, 1.807) is 12.1 Å². The highest BCUT2D eigenvalue weighted by atomic mass is 32.2. The third-order valence-electron chi connectivity index (χ3n) is 4.73. The van der Waals surface area contributed by atoms with Crippen molar-refractivity contribution in [3.63, 3.8) is 0 Å². The lowest BCUT2D eigenvalue weighted by molar-refractivity contribution is -0.117. The highest BCUT2D eigenvalue weighted by Gasteiger charge is 2.21. The molecule has 1 amide bonds. The molecule has 0 aliphatic rings. The highest BCUT2D eigenvalue weighted by molar-refractivity contribution is 7.89. The zero-order valence-corrected chi connectivity index (χ0v) is 18.4. The summed E-state index contributed by atoms with van der Waals surface area (Å²) >= 11 is 0. The predicted octanol–water partition coefficient (Wildman–Crippen LogP) is 2.56. The van der Waals surface area contributed by atoms with Gasteiger partial charge in [-0.1, -0.05) is 30.3 Å². The average Bonchev–Trinajstić information content (AvgIpc) is 3.45. The van der Waals surface area contributed by atoms with Gasteiger partial charge in [-0.25, -0.2) is 13.2 Å². The summed E-state index contributed by atoms with van der Waals surface area (Å²) < 4.78 is 37.9. The van der Waals surface area contributed by atoms with Gasteiger partial charge in [0.2, 0.25) is 15.9 Å². The first-order valence-electron chi connectivity index (χ1n) is 9.85. The van der Waals surface area contributed by atoms with E-state index in [-0.39, 0.29) is 29.6 Å². The quantitative estimate of drug-likeness (QED) is 0.421. The number of nitrogens with one attached hydrogen (secondary N) is 1. The molecule has 1 N–H and O–H groups in total. The van der Waals surface area contributed by atoms with E-state index in [1.807, 2.05) is 30.3 Å². The fraction of sp³-hybridized carbons (Fsp3) is 0.136. The van der Waals surface area contributed by atoms with Crippen molar-refractivity contribution in [1.29, 1.82) is 0 Å². The van der Waals surface area contributed by atoms with Gasteiger partial charge in [0.25, 0.3) is 5.89 Å². The molecule has 4 rings (SSSR count). The van der Waals surface area contributed by atoms with Crippen LogP contribution in [0.2, 0.25) is 0 Å². The molecule has 0 saturated heterocycles. The second kappa shape index (κ2) is 9.27. The van der Waals surface area contributed by atoms with E-state index in [0.717, 1.165) is 10.2 Å². The summed E-state index contributed by atoms with van der Waals surface area (Å²) in [4.78, 5) is 24.3. The molecule has 33 heavy (non-hydrogen) atoms. The molecule has 2 heterocycles. The maximum atomic E-state index is 12.8. The van der Waals surface area contributed by atoms with Gasteiger partial charge in [-0.2, -0.15) is 8.99 Å². The Morgan fingerprint density at radius 3 is 2.45 bits per heavy atom. The van der Waals surface area contributed by atoms with E-state index >= 15 is 0 Å². The van der Waals surface area contributed by atoms with Crippen LogP contribution in [0.1, 0.15) is 5.56 Å². The van der Waals surface area contributed by atoms with E-state index in [0.29, 0.717) is 5.69 Å². The van der Waals surface area contributed by atoms with Crippen LogP contribution >= 0.6 is 0 Å². The Bertz CT molecular complexity index is 1390. The minimum atomic E-state index is -3.71. The number of hydrogen-bond donors (Lipinski definition) is 1. The lowest BCUT2D eigenvalue weighted by Gasteiger charge is -2.17. The second-order valence-electron chi connectivity index (χ2n) is 7.13. The Hall–Kier alpha value is -3.96. The first-order chi connectivity index (χ1) is 15.8. The van der Waals surface area contributed by atoms with Crippen molar-refractivity contribution in [2.45, 2.75) is 18.0 Å². The number of aromatic nitrogens is 2. The molecule has 2 aromatic carbocycles. The van der Waals surface area contributed by atoms with Gasteiger partial charge < -0.3 is 14.2 Å². The minimum Gasteiger partial charge on any atom is -0.459 e. The van der Waals surface area contributed by atoms with Crippen LogP contribution in [0.4, 0.5) is 5.69 Å². The SMILES string of the molecule is CN(Cc1ccccc1)S(=O)(=O)c1ccc(NC(=O)Cn2nc(-c3ccco3)oc2=O)cc1. The van der Waals surface area contributed by atoms with Crippen molar-refractivity contribution in [3.8, 4) is 11.7 Å². The normalized spacial score (nSPS) is 11.6. The maximum Gasteiger partial charge on any atom is 0.437 e. The van der Waals surface area contributed by atoms with E-state index in [1.165, 1.54) is 41.9 Å². The lowest BCUT2D eigenvalue weighted by atomic mass is 10.2. The fourth-order valence-corrected chi connectivity index (χ4v) is 4.22. The van der Waals surface area contributed by atoms with Gasteiger partial charge in [-0.15, -0.1) is 5.10 Å². The summed E-state index contributed by atoms with van der Waals surface area (Å²) in [6.07, 6.45) is 1.41. The molecule has 0 radical (unpaired) electrons. The number of furan rings is 1. The number of hydrogen-bond acceptors (Lipinski definition) is 7. The second-order valence-corrected chi connectivity index (χ2v) is 9.17. The molecular formula is C22H20N4O6S. The molecule has 0 saturated carbocycles. The van der Waals surface area contributed by atoms with Crippen molar-refractivity contribution in [1.82, 2.24) is 14.1 Å². The molecule has 0 aliphatic carbocycles. The van der Waals surface area contributed by atoms with E-state index in [2.05, 4.69) is 10.4 Å². The Labute approximate surface area is 189 Å². The van der Waals surface area contributed by atoms with Gasteiger partial charge in [0.05, 0.1) is 11.2 Å². The van der Waals surface area contributed by atoms with E-state index in [9.17, 15) is 18.0 Å². The molecule has 0 spiro atoms. The largest absolute Gasteiger partial charge is 0.459 e. The number of sulfonamides is 1. The molecular weight excluding hydrogens is 448 g/mol. The predicted molar refractivity (Wildman–Crippen MR) is 119 cm³/mol. The molecule has 2 aromatic heterocycles. The summed E-state index contributed by atoms with van der Waals surface area (Å²) in [6, 6.07) is 18.2. The zero-order chi connectivity index (χ0) is 23.4. The van der Waals surface area contributed by atoms with Crippen LogP contribution in [0.5, 0.6) is 0 Å². The molecule has 10 nitrogen and oxygen atoms in total. The van der Waals surface area contributed by atoms with Gasteiger partial charge in [-0.3, -0.25) is 4.79 Å². The summed E-state index contributed by atoms with van der Waals surface area (Å²) in [5.74, 6) is -1.11. The number of anilines is 1. The Morgan fingerprint density at radius 1 is 1.06 bits per heavy atom. The van der Waals surface area contributed by atoms with Crippen LogP contribution in [0, 0.1) is 0 Å². The Balaban J connectivity index is 1.40. The number of amides is 1. The van der Waals surface area contributed by atoms with Gasteiger partial charge in [0.15, 0.2) is 5.76 Å². The minimum absolute atomic E-state index is 0.0352. The van der Waals surface area contributed by atoms with Gasteiger partial charge >= 0.3 is 5.76 Å². The molecule has 0 aliphatic heterocycles. The van der Waals surface area contributed by atoms with Crippen LogP contribution in [0.3, 0.4) is 0 Å². The summed E-state index contributed by atoms with van der Waals surface area (Å²) in [5, 5.41) is 6.53. The number of benzene rings is 2. The van der Waals surface area contributed by atoms with Crippen molar-refractivity contribution < 1.29 is 22.0 Å². The van der Waals surface area contributed by atoms with Gasteiger partial charge in [0, 0.05) is 19.3 Å². The topological polar surface area (TPSA) is 128 Å². The fourth-order valence-electron chi connectivity index (χ4n) is 3.06. The Morgan fingerprint density at radius 2 is 1.79 bits per heavy atom. The van der Waals surface area contributed by atoms with Crippen LogP contribution in [-0.2, 0) is 27.9 Å². The van der Waals surface area contributed by atoms with Crippen molar-refractivity contribution in [3.05, 3.63) is 89.1 Å². The van der Waals surface area contributed by atoms with Crippen molar-refractivity contribution in [2.75, 3.05) is 12.4 Å². The smallest absolute Gasteiger partial charge is 0.437 e. The van der Waals surface area contributed by atoms with Gasteiger partial charge in [0.1, 0.15) is 6.54 Å². The molecule has 0 atom stereocenters. The molecule has 0 bridgehead atoms. The molecule has 11 heteroatoms. The van der Waals surface area contributed by atoms with Crippen LogP contribution in [0.25, 0.3) is 11.7 Å². The van der Waals surface area contributed by atoms with Crippen LogP contribution < -0.4 is 11.1 Å². The summed E-state index contributed by atoms with van der Waals surface area (Å²) in [5.41, 5.74) is 1.23. The molecule has 170 valence electrons. The molecule has 0 fully saturated rings. The van der Waals surface area contributed by atoms with Crippen LogP contribution in [-0.4, -0.2) is 35.5 Å². The van der Waals surface area contributed by atoms with Crippen LogP contribution in [0.15, 0.2) is 91.5 Å². The number of carbonyl (C=O) groups excluding carboxylic acids is 1. The first-order valence-corrected chi connectivity index (χ1v) is 11.3.